The molecule has 186 valence electrons. The first-order valence-electron chi connectivity index (χ1n) is 11.5. The molecule has 1 aromatic heterocycles. The number of carbonyl (C=O) groups excluding carboxylic acids is 2. The Morgan fingerprint density at radius 2 is 1.60 bits per heavy atom. The highest BCUT2D eigenvalue weighted by molar-refractivity contribution is 5.90. The Bertz CT molecular complexity index is 1050. The average molecular weight is 515 g/mol. The molecule has 0 saturated carbocycles. The summed E-state index contributed by atoms with van der Waals surface area (Å²) in [5, 5.41) is 3.18. The highest BCUT2D eigenvalue weighted by Crippen LogP contribution is 2.22. The van der Waals surface area contributed by atoms with Crippen molar-refractivity contribution >= 4 is 36.6 Å². The normalized spacial score (nSPS) is 16.4. The quantitative estimate of drug-likeness (QED) is 0.477. The minimum absolute atomic E-state index is 0. The van der Waals surface area contributed by atoms with Gasteiger partial charge in [-0.2, -0.15) is 0 Å². The molecule has 3 unspecified atom stereocenters. The van der Waals surface area contributed by atoms with E-state index in [1.807, 2.05) is 78.9 Å². The van der Waals surface area contributed by atoms with Gasteiger partial charge in [0.1, 0.15) is 6.04 Å². The van der Waals surface area contributed by atoms with Crippen molar-refractivity contribution in [2.75, 3.05) is 6.54 Å². The third kappa shape index (κ3) is 7.52. The van der Waals surface area contributed by atoms with E-state index in [9.17, 15) is 9.59 Å². The summed E-state index contributed by atoms with van der Waals surface area (Å²) >= 11 is 0. The molecule has 3 N–H and O–H groups in total. The minimum atomic E-state index is -0.667. The van der Waals surface area contributed by atoms with Crippen molar-refractivity contribution in [3.05, 3.63) is 102 Å². The molecule has 0 bridgehead atoms. The van der Waals surface area contributed by atoms with Gasteiger partial charge >= 0.3 is 0 Å². The molecule has 1 aliphatic heterocycles. The first kappa shape index (κ1) is 28.3. The topological polar surface area (TPSA) is 88.3 Å². The van der Waals surface area contributed by atoms with Crippen LogP contribution in [0.4, 0.5) is 0 Å². The van der Waals surface area contributed by atoms with Gasteiger partial charge in [0.05, 0.1) is 12.1 Å². The van der Waals surface area contributed by atoms with Gasteiger partial charge in [-0.1, -0.05) is 66.7 Å². The molecule has 2 amide bonds. The van der Waals surface area contributed by atoms with Gasteiger partial charge in [-0.25, -0.2) is 0 Å². The van der Waals surface area contributed by atoms with Gasteiger partial charge < -0.3 is 16.0 Å². The molecule has 6 nitrogen and oxygen atoms in total. The fourth-order valence-corrected chi connectivity index (χ4v) is 4.40. The van der Waals surface area contributed by atoms with Crippen LogP contribution in [0.3, 0.4) is 0 Å². The zero-order valence-electron chi connectivity index (χ0n) is 19.5. The van der Waals surface area contributed by atoms with Crippen molar-refractivity contribution in [2.45, 2.75) is 43.8 Å². The molecule has 35 heavy (non-hydrogen) atoms. The third-order valence-corrected chi connectivity index (χ3v) is 6.11. The van der Waals surface area contributed by atoms with Gasteiger partial charge in [0.2, 0.25) is 11.8 Å². The van der Waals surface area contributed by atoms with Gasteiger partial charge in [-0.15, -0.1) is 24.8 Å². The maximum Gasteiger partial charge on any atom is 0.243 e. The van der Waals surface area contributed by atoms with Crippen LogP contribution in [0.25, 0.3) is 0 Å². The number of benzene rings is 2. The maximum atomic E-state index is 13.3. The van der Waals surface area contributed by atoms with Gasteiger partial charge in [-0.3, -0.25) is 14.6 Å². The van der Waals surface area contributed by atoms with E-state index in [-0.39, 0.29) is 42.7 Å². The Morgan fingerprint density at radius 3 is 2.26 bits per heavy atom. The molecule has 0 spiro atoms. The average Bonchev–Trinajstić information content (AvgIpc) is 3.35. The summed E-state index contributed by atoms with van der Waals surface area (Å²) in [6.07, 6.45) is 4.21. The number of pyridine rings is 1. The molecular formula is C27H32Cl2N4O2. The molecule has 1 saturated heterocycles. The smallest absolute Gasteiger partial charge is 0.243 e. The molecule has 3 atom stereocenters. The summed E-state index contributed by atoms with van der Waals surface area (Å²) in [5.41, 5.74) is 9.17. The Morgan fingerprint density at radius 1 is 0.943 bits per heavy atom. The number of nitrogens with two attached hydrogens (primary N) is 1. The number of nitrogens with one attached hydrogen (secondary N) is 1. The molecule has 0 aliphatic carbocycles. The van der Waals surface area contributed by atoms with Gasteiger partial charge in [-0.05, 0) is 42.5 Å². The maximum absolute atomic E-state index is 13.3. The number of halogens is 2. The van der Waals surface area contributed by atoms with Gasteiger partial charge in [0.15, 0.2) is 0 Å². The zero-order valence-corrected chi connectivity index (χ0v) is 21.1. The van der Waals surface area contributed by atoms with E-state index in [4.69, 9.17) is 5.73 Å². The zero-order chi connectivity index (χ0) is 23.0. The predicted molar refractivity (Wildman–Crippen MR) is 143 cm³/mol. The van der Waals surface area contributed by atoms with Crippen molar-refractivity contribution < 1.29 is 9.59 Å². The number of rotatable bonds is 8. The Hall–Kier alpha value is -2.93. The van der Waals surface area contributed by atoms with E-state index in [1.54, 1.807) is 11.1 Å². The van der Waals surface area contributed by atoms with Crippen LogP contribution in [0.15, 0.2) is 85.1 Å². The number of hydrogen-bond acceptors (Lipinski definition) is 4. The second-order valence-electron chi connectivity index (χ2n) is 8.48. The number of hydrogen-bond donors (Lipinski definition) is 2. The molecule has 3 aromatic rings. The summed E-state index contributed by atoms with van der Waals surface area (Å²) in [5.74, 6) is -0.310. The molecule has 4 rings (SSSR count). The summed E-state index contributed by atoms with van der Waals surface area (Å²) in [6.45, 7) is 0.551. The highest BCUT2D eigenvalue weighted by atomic mass is 35.5. The standard InChI is InChI=1S/C27H30N4O2.2ClH/c28-23(18-20-10-3-1-4-11-20)27(33)31-17-9-15-25(31)26(32)30-24(21-12-5-2-6-13-21)19-22-14-7-8-16-29-22;;/h1-8,10-14,16,23-25H,9,15,17-19,28H2,(H,30,32);2*1H. The monoisotopic (exact) mass is 514 g/mol. The summed E-state index contributed by atoms with van der Waals surface area (Å²) in [7, 11) is 0. The number of aromatic nitrogens is 1. The number of carbonyl (C=O) groups is 2. The van der Waals surface area contributed by atoms with Crippen LogP contribution >= 0.6 is 24.8 Å². The van der Waals surface area contributed by atoms with Crippen molar-refractivity contribution in [3.8, 4) is 0 Å². The van der Waals surface area contributed by atoms with E-state index in [0.717, 1.165) is 23.2 Å². The minimum Gasteiger partial charge on any atom is -0.347 e. The molecule has 2 aromatic carbocycles. The van der Waals surface area contributed by atoms with Gasteiger partial charge in [0.25, 0.3) is 0 Å². The Kier molecular flexibility index (Phi) is 11.2. The van der Waals surface area contributed by atoms with Crippen molar-refractivity contribution in [3.63, 3.8) is 0 Å². The first-order valence-corrected chi connectivity index (χ1v) is 11.5. The van der Waals surface area contributed by atoms with Crippen LogP contribution in [0.2, 0.25) is 0 Å². The fourth-order valence-electron chi connectivity index (χ4n) is 4.40. The molecule has 1 fully saturated rings. The van der Waals surface area contributed by atoms with E-state index in [1.165, 1.54) is 0 Å². The van der Waals surface area contributed by atoms with Crippen molar-refractivity contribution in [1.29, 1.82) is 0 Å². The second-order valence-corrected chi connectivity index (χ2v) is 8.48. The largest absolute Gasteiger partial charge is 0.347 e. The first-order chi connectivity index (χ1) is 16.1. The van der Waals surface area contributed by atoms with Crippen LogP contribution < -0.4 is 11.1 Å². The summed E-state index contributed by atoms with van der Waals surface area (Å²) in [6, 6.07) is 24.0. The molecule has 2 heterocycles. The third-order valence-electron chi connectivity index (χ3n) is 6.11. The lowest BCUT2D eigenvalue weighted by atomic mass is 10.0. The van der Waals surface area contributed by atoms with E-state index in [2.05, 4.69) is 10.3 Å². The summed E-state index contributed by atoms with van der Waals surface area (Å²) < 4.78 is 0. The lowest BCUT2D eigenvalue weighted by molar-refractivity contribution is -0.139. The van der Waals surface area contributed by atoms with E-state index >= 15 is 0 Å². The fraction of sp³-hybridized carbons (Fsp3) is 0.296. The predicted octanol–water partition coefficient (Wildman–Crippen LogP) is 3.89. The number of likely N-dealkylation sites (tertiary alicyclic amines) is 1. The molecule has 8 heteroatoms. The van der Waals surface area contributed by atoms with E-state index < -0.39 is 12.1 Å². The van der Waals surface area contributed by atoms with Crippen molar-refractivity contribution in [1.82, 2.24) is 15.2 Å². The van der Waals surface area contributed by atoms with Crippen LogP contribution in [-0.4, -0.2) is 40.3 Å². The lowest BCUT2D eigenvalue weighted by Gasteiger charge is -2.28. The molecule has 0 radical (unpaired) electrons. The second kappa shape index (κ2) is 13.8. The highest BCUT2D eigenvalue weighted by Gasteiger charge is 2.37. The van der Waals surface area contributed by atoms with Crippen LogP contribution in [0.5, 0.6) is 0 Å². The number of amides is 2. The number of nitrogens with zero attached hydrogens (tertiary/aromatic N) is 2. The van der Waals surface area contributed by atoms with Crippen LogP contribution in [0.1, 0.15) is 35.7 Å². The SMILES string of the molecule is Cl.Cl.NC(Cc1ccccc1)C(=O)N1CCCC1C(=O)NC(Cc1ccccn1)c1ccccc1. The van der Waals surface area contributed by atoms with Gasteiger partial charge in [0, 0.05) is 24.9 Å². The van der Waals surface area contributed by atoms with Crippen molar-refractivity contribution in [2.24, 2.45) is 5.73 Å². The molecule has 1 aliphatic rings. The Labute approximate surface area is 219 Å². The van der Waals surface area contributed by atoms with Crippen LogP contribution in [0, 0.1) is 0 Å². The summed E-state index contributed by atoms with van der Waals surface area (Å²) in [4.78, 5) is 32.6. The lowest BCUT2D eigenvalue weighted by Crippen LogP contribution is -2.52. The van der Waals surface area contributed by atoms with E-state index in [0.29, 0.717) is 25.8 Å². The Balaban J connectivity index is 0.00000216. The molecular weight excluding hydrogens is 483 g/mol. The van der Waals surface area contributed by atoms with Crippen LogP contribution in [-0.2, 0) is 22.4 Å².